The van der Waals surface area contributed by atoms with E-state index in [2.05, 4.69) is 25.6 Å². The van der Waals surface area contributed by atoms with E-state index in [0.717, 1.165) is 0 Å². The molecule has 1 aliphatic heterocycles. The number of hydrogen-bond donors (Lipinski definition) is 7. The van der Waals surface area contributed by atoms with Crippen LogP contribution in [0.2, 0.25) is 0 Å². The summed E-state index contributed by atoms with van der Waals surface area (Å²) in [6.07, 6.45) is 4.43. The van der Waals surface area contributed by atoms with Gasteiger partial charge in [-0.3, -0.25) is 19.4 Å². The second-order valence-corrected chi connectivity index (χ2v) is 7.64. The van der Waals surface area contributed by atoms with Gasteiger partial charge in [-0.05, 0) is 25.7 Å². The van der Waals surface area contributed by atoms with Crippen molar-refractivity contribution in [3.8, 4) is 0 Å². The van der Waals surface area contributed by atoms with Gasteiger partial charge in [-0.2, -0.15) is 0 Å². The van der Waals surface area contributed by atoms with Crippen LogP contribution in [0.15, 0.2) is 17.5 Å². The van der Waals surface area contributed by atoms with Crippen molar-refractivity contribution < 1.29 is 24.3 Å². The lowest BCUT2D eigenvalue weighted by molar-refractivity contribution is -0.142. The van der Waals surface area contributed by atoms with Gasteiger partial charge >= 0.3 is 5.97 Å². The van der Waals surface area contributed by atoms with Crippen LogP contribution in [0.25, 0.3) is 0 Å². The molecule has 0 saturated carbocycles. The maximum Gasteiger partial charge on any atom is 0.326 e. The Hall–Kier alpha value is -3.68. The lowest BCUT2D eigenvalue weighted by Gasteiger charge is -2.26. The number of aromatic amines is 1. The molecule has 1 fully saturated rings. The van der Waals surface area contributed by atoms with Crippen molar-refractivity contribution in [1.29, 1.82) is 0 Å². The molecule has 0 radical (unpaired) electrons. The second-order valence-electron chi connectivity index (χ2n) is 7.64. The monoisotopic (exact) mass is 465 g/mol. The molecule has 3 atom stereocenters. The van der Waals surface area contributed by atoms with Crippen LogP contribution in [0.3, 0.4) is 0 Å². The van der Waals surface area contributed by atoms with Gasteiger partial charge in [0.25, 0.3) is 0 Å². The maximum absolute atomic E-state index is 12.9. The van der Waals surface area contributed by atoms with E-state index in [9.17, 15) is 24.3 Å². The number of nitrogens with one attached hydrogen (secondary N) is 3. The zero-order chi connectivity index (χ0) is 24.4. The molecule has 2 heterocycles. The Kier molecular flexibility index (Phi) is 9.60. The summed E-state index contributed by atoms with van der Waals surface area (Å²) in [7, 11) is 0. The highest BCUT2D eigenvalue weighted by Crippen LogP contribution is 2.18. The third kappa shape index (κ3) is 7.75. The summed E-state index contributed by atoms with van der Waals surface area (Å²) in [4.78, 5) is 61.4. The number of carbonyl (C=O) groups excluding carboxylic acids is 3. The molecule has 14 nitrogen and oxygen atoms in total. The Morgan fingerprint density at radius 1 is 1.27 bits per heavy atom. The van der Waals surface area contributed by atoms with Crippen molar-refractivity contribution in [1.82, 2.24) is 25.5 Å². The summed E-state index contributed by atoms with van der Waals surface area (Å²) in [6.45, 7) is 0.403. The molecule has 33 heavy (non-hydrogen) atoms. The number of hydrogen-bond acceptors (Lipinski definition) is 7. The number of guanidine groups is 1. The quantitative estimate of drug-likeness (QED) is 0.0945. The molecule has 1 aromatic rings. The van der Waals surface area contributed by atoms with Crippen LogP contribution in [-0.2, 0) is 25.6 Å². The number of aromatic nitrogens is 2. The molecule has 0 aromatic carbocycles. The van der Waals surface area contributed by atoms with Gasteiger partial charge in [0, 0.05) is 31.4 Å². The fourth-order valence-corrected chi connectivity index (χ4v) is 3.58. The number of H-pyrrole nitrogens is 1. The smallest absolute Gasteiger partial charge is 0.326 e. The highest BCUT2D eigenvalue weighted by Gasteiger charge is 2.35. The average molecular weight is 466 g/mol. The van der Waals surface area contributed by atoms with Crippen LogP contribution < -0.4 is 27.8 Å². The van der Waals surface area contributed by atoms with E-state index in [1.165, 1.54) is 17.4 Å². The number of rotatable bonds is 12. The number of carboxylic acid groups (broad SMARTS) is 1. The molecule has 1 aliphatic rings. The molecule has 1 saturated heterocycles. The lowest BCUT2D eigenvalue weighted by atomic mass is 10.1. The summed E-state index contributed by atoms with van der Waals surface area (Å²) in [5.41, 5.74) is 16.6. The molecule has 2 rings (SSSR count). The molecule has 3 amide bonds. The van der Waals surface area contributed by atoms with E-state index in [4.69, 9.17) is 17.2 Å². The maximum atomic E-state index is 12.9. The molecular formula is C19H31N9O5. The summed E-state index contributed by atoms with van der Waals surface area (Å²) >= 11 is 0. The third-order valence-electron chi connectivity index (χ3n) is 5.22. The van der Waals surface area contributed by atoms with Crippen molar-refractivity contribution in [2.45, 2.75) is 50.2 Å². The number of aliphatic carboxylic acids is 1. The standard InChI is InChI=1S/C19H31N9O5/c20-8-15(29)28-6-2-4-14(28)17(31)26-12(3-1-5-24-19(21)22)16(30)27-13(18(32)33)7-11-9-23-10-25-11/h9-10,12-14H,1-8,20H2,(H,23,25)(H,26,31)(H,27,30)(H,32,33)(H4,21,22,24). The number of nitrogens with zero attached hydrogens (tertiary/aromatic N) is 3. The minimum absolute atomic E-state index is 0.0167. The minimum atomic E-state index is -1.24. The van der Waals surface area contributed by atoms with Crippen LogP contribution in [0.4, 0.5) is 0 Å². The fraction of sp³-hybridized carbons (Fsp3) is 0.579. The molecule has 182 valence electrons. The van der Waals surface area contributed by atoms with Crippen molar-refractivity contribution in [2.75, 3.05) is 19.6 Å². The van der Waals surface area contributed by atoms with Crippen LogP contribution in [0.1, 0.15) is 31.4 Å². The van der Waals surface area contributed by atoms with Crippen molar-refractivity contribution in [2.24, 2.45) is 22.2 Å². The lowest BCUT2D eigenvalue weighted by Crippen LogP contribution is -2.56. The van der Waals surface area contributed by atoms with Gasteiger partial charge < -0.3 is 42.8 Å². The predicted octanol–water partition coefficient (Wildman–Crippen LogP) is -2.99. The average Bonchev–Trinajstić information content (AvgIpc) is 3.46. The molecule has 0 aliphatic carbocycles. The Morgan fingerprint density at radius 3 is 2.64 bits per heavy atom. The third-order valence-corrected chi connectivity index (χ3v) is 5.22. The van der Waals surface area contributed by atoms with E-state index in [0.29, 0.717) is 31.5 Å². The molecule has 0 spiro atoms. The SMILES string of the molecule is NCC(=O)N1CCCC1C(=O)NC(CCCN=C(N)N)C(=O)NC(Cc1cnc[nH]1)C(=O)O. The molecule has 0 bridgehead atoms. The van der Waals surface area contributed by atoms with Gasteiger partial charge in [0.2, 0.25) is 17.7 Å². The number of aliphatic imine (C=N–C) groups is 1. The minimum Gasteiger partial charge on any atom is -0.480 e. The number of carbonyl (C=O) groups is 4. The first-order chi connectivity index (χ1) is 15.7. The second kappa shape index (κ2) is 12.4. The zero-order valence-corrected chi connectivity index (χ0v) is 18.2. The molecular weight excluding hydrogens is 434 g/mol. The van der Waals surface area contributed by atoms with E-state index in [1.54, 1.807) is 0 Å². The van der Waals surface area contributed by atoms with Crippen LogP contribution in [-0.4, -0.2) is 87.4 Å². The van der Waals surface area contributed by atoms with Crippen molar-refractivity contribution in [3.05, 3.63) is 18.2 Å². The van der Waals surface area contributed by atoms with E-state index < -0.39 is 35.9 Å². The predicted molar refractivity (Wildman–Crippen MR) is 117 cm³/mol. The first-order valence-corrected chi connectivity index (χ1v) is 10.6. The van der Waals surface area contributed by atoms with Gasteiger partial charge in [0.15, 0.2) is 5.96 Å². The molecule has 10 N–H and O–H groups in total. The highest BCUT2D eigenvalue weighted by atomic mass is 16.4. The first-order valence-electron chi connectivity index (χ1n) is 10.6. The van der Waals surface area contributed by atoms with Gasteiger partial charge in [0.05, 0.1) is 12.9 Å². The van der Waals surface area contributed by atoms with Crippen LogP contribution in [0.5, 0.6) is 0 Å². The Labute approximate surface area is 190 Å². The van der Waals surface area contributed by atoms with Gasteiger partial charge in [-0.15, -0.1) is 0 Å². The number of nitrogens with two attached hydrogens (primary N) is 3. The zero-order valence-electron chi connectivity index (χ0n) is 18.2. The number of carboxylic acids is 1. The van der Waals surface area contributed by atoms with Gasteiger partial charge in [0.1, 0.15) is 18.1 Å². The molecule has 14 heteroatoms. The number of likely N-dealkylation sites (tertiary alicyclic amines) is 1. The summed E-state index contributed by atoms with van der Waals surface area (Å²) in [5.74, 6) is -2.87. The number of imidazole rings is 1. The topological polar surface area (TPSA) is 235 Å². The van der Waals surface area contributed by atoms with E-state index >= 15 is 0 Å². The van der Waals surface area contributed by atoms with Crippen molar-refractivity contribution in [3.63, 3.8) is 0 Å². The van der Waals surface area contributed by atoms with E-state index in [1.807, 2.05) is 0 Å². The van der Waals surface area contributed by atoms with Gasteiger partial charge in [-0.25, -0.2) is 9.78 Å². The first kappa shape index (κ1) is 25.6. The Bertz CT molecular complexity index is 854. The summed E-state index contributed by atoms with van der Waals surface area (Å²) in [6, 6.07) is -3.03. The summed E-state index contributed by atoms with van der Waals surface area (Å²) < 4.78 is 0. The highest BCUT2D eigenvalue weighted by molar-refractivity contribution is 5.93. The Morgan fingerprint density at radius 2 is 2.03 bits per heavy atom. The van der Waals surface area contributed by atoms with Crippen LogP contribution >= 0.6 is 0 Å². The summed E-state index contributed by atoms with van der Waals surface area (Å²) in [5, 5.41) is 14.6. The van der Waals surface area contributed by atoms with Crippen LogP contribution in [0, 0.1) is 0 Å². The normalized spacial score (nSPS) is 17.1. The Balaban J connectivity index is 2.09. The van der Waals surface area contributed by atoms with E-state index in [-0.39, 0.29) is 37.8 Å². The largest absolute Gasteiger partial charge is 0.480 e. The molecule has 3 unspecified atom stereocenters. The van der Waals surface area contributed by atoms with Gasteiger partial charge in [-0.1, -0.05) is 0 Å². The van der Waals surface area contributed by atoms with Crippen molar-refractivity contribution >= 4 is 29.7 Å². The molecule has 1 aromatic heterocycles. The fourth-order valence-electron chi connectivity index (χ4n) is 3.58. The number of amides is 3.